The Kier molecular flexibility index (Phi) is 5.68. The molecule has 0 spiro atoms. The molecule has 1 amide bonds. The highest BCUT2D eigenvalue weighted by Crippen LogP contribution is 2.19. The first-order valence-corrected chi connectivity index (χ1v) is 9.08. The second-order valence-corrected chi connectivity index (χ2v) is 7.49. The van der Waals surface area contributed by atoms with E-state index in [0.717, 1.165) is 0 Å². The molecule has 0 saturated heterocycles. The standard InChI is InChI=1S/C22H21N3O4/c1-22(2,3)19(26)13-29-21(28)14-8-4-5-9-15(14)25-20(27)18-12-23-16-10-6-7-11-17(16)24-18/h4-12H,13H2,1-3H3,(H,25,27). The number of anilines is 1. The minimum atomic E-state index is -0.692. The van der Waals surface area contributed by atoms with Crippen LogP contribution in [0.15, 0.2) is 54.7 Å². The molecule has 0 aliphatic heterocycles. The summed E-state index contributed by atoms with van der Waals surface area (Å²) in [7, 11) is 0. The van der Waals surface area contributed by atoms with Crippen LogP contribution in [0.2, 0.25) is 0 Å². The molecule has 2 aromatic carbocycles. The molecule has 1 N–H and O–H groups in total. The Labute approximate surface area is 168 Å². The molecule has 3 aromatic rings. The molecule has 0 aliphatic carbocycles. The maximum atomic E-state index is 12.6. The molecule has 1 heterocycles. The lowest BCUT2D eigenvalue weighted by atomic mass is 9.91. The number of carbonyl (C=O) groups excluding carboxylic acids is 3. The molecule has 0 aliphatic rings. The Hall–Kier alpha value is -3.61. The van der Waals surface area contributed by atoms with E-state index in [0.29, 0.717) is 11.0 Å². The van der Waals surface area contributed by atoms with Crippen LogP contribution in [0, 0.1) is 5.41 Å². The lowest BCUT2D eigenvalue weighted by Gasteiger charge is -2.16. The van der Waals surface area contributed by atoms with E-state index < -0.39 is 17.3 Å². The Morgan fingerprint density at radius 1 is 0.966 bits per heavy atom. The number of ether oxygens (including phenoxy) is 1. The number of aromatic nitrogens is 2. The first-order chi connectivity index (χ1) is 13.8. The van der Waals surface area contributed by atoms with E-state index in [4.69, 9.17) is 4.74 Å². The van der Waals surface area contributed by atoms with Crippen LogP contribution in [0.5, 0.6) is 0 Å². The highest BCUT2D eigenvalue weighted by atomic mass is 16.5. The number of benzene rings is 2. The SMILES string of the molecule is CC(C)(C)C(=O)COC(=O)c1ccccc1NC(=O)c1cnc2ccccc2n1. The highest BCUT2D eigenvalue weighted by Gasteiger charge is 2.23. The van der Waals surface area contributed by atoms with E-state index in [9.17, 15) is 14.4 Å². The zero-order valence-electron chi connectivity index (χ0n) is 16.4. The van der Waals surface area contributed by atoms with E-state index in [2.05, 4.69) is 15.3 Å². The number of nitrogens with one attached hydrogen (secondary N) is 1. The van der Waals surface area contributed by atoms with Crippen molar-refractivity contribution in [3.63, 3.8) is 0 Å². The average Bonchev–Trinajstić information content (AvgIpc) is 2.71. The second kappa shape index (κ2) is 8.18. The van der Waals surface area contributed by atoms with Crippen LogP contribution in [0.25, 0.3) is 11.0 Å². The molecular formula is C22H21N3O4. The third-order valence-corrected chi connectivity index (χ3v) is 4.25. The highest BCUT2D eigenvalue weighted by molar-refractivity contribution is 6.07. The number of fused-ring (bicyclic) bond motifs is 1. The van der Waals surface area contributed by atoms with Gasteiger partial charge in [0.15, 0.2) is 12.4 Å². The number of para-hydroxylation sites is 3. The number of ketones is 1. The molecule has 0 unspecified atom stereocenters. The third kappa shape index (κ3) is 4.82. The Bertz CT molecular complexity index is 1090. The van der Waals surface area contributed by atoms with Gasteiger partial charge in [-0.25, -0.2) is 9.78 Å². The van der Waals surface area contributed by atoms with Gasteiger partial charge in [0.25, 0.3) is 5.91 Å². The summed E-state index contributed by atoms with van der Waals surface area (Å²) in [4.78, 5) is 45.6. The second-order valence-electron chi connectivity index (χ2n) is 7.49. The van der Waals surface area contributed by atoms with E-state index in [-0.39, 0.29) is 29.3 Å². The molecule has 0 bridgehead atoms. The summed E-state index contributed by atoms with van der Waals surface area (Å²) in [5, 5.41) is 2.66. The van der Waals surface area contributed by atoms with Crippen molar-refractivity contribution < 1.29 is 19.1 Å². The third-order valence-electron chi connectivity index (χ3n) is 4.25. The smallest absolute Gasteiger partial charge is 0.340 e. The van der Waals surface area contributed by atoms with Crippen molar-refractivity contribution >= 4 is 34.4 Å². The first-order valence-electron chi connectivity index (χ1n) is 9.08. The van der Waals surface area contributed by atoms with Crippen molar-refractivity contribution in [2.75, 3.05) is 11.9 Å². The largest absolute Gasteiger partial charge is 0.454 e. The van der Waals surface area contributed by atoms with Crippen LogP contribution in [0.3, 0.4) is 0 Å². The summed E-state index contributed by atoms with van der Waals surface area (Å²) in [5.41, 5.74) is 1.19. The molecule has 1 aromatic heterocycles. The Balaban J connectivity index is 1.76. The zero-order valence-corrected chi connectivity index (χ0v) is 16.4. The molecule has 0 saturated carbocycles. The molecular weight excluding hydrogens is 370 g/mol. The van der Waals surface area contributed by atoms with Gasteiger partial charge in [0, 0.05) is 5.41 Å². The normalized spacial score (nSPS) is 11.1. The van der Waals surface area contributed by atoms with Gasteiger partial charge < -0.3 is 10.1 Å². The van der Waals surface area contributed by atoms with Gasteiger partial charge in [-0.2, -0.15) is 0 Å². The summed E-state index contributed by atoms with van der Waals surface area (Å²) in [6.45, 7) is 4.92. The fourth-order valence-corrected chi connectivity index (χ4v) is 2.45. The Morgan fingerprint density at radius 2 is 1.62 bits per heavy atom. The zero-order chi connectivity index (χ0) is 21.0. The van der Waals surface area contributed by atoms with E-state index in [1.54, 1.807) is 51.1 Å². The maximum absolute atomic E-state index is 12.6. The number of nitrogens with zero attached hydrogens (tertiary/aromatic N) is 2. The summed E-state index contributed by atoms with van der Waals surface area (Å²) >= 11 is 0. The van der Waals surface area contributed by atoms with E-state index in [1.165, 1.54) is 12.3 Å². The van der Waals surface area contributed by atoms with Crippen LogP contribution in [0.4, 0.5) is 5.69 Å². The number of amides is 1. The number of Topliss-reactive ketones (excluding diaryl/α,β-unsaturated/α-hetero) is 1. The van der Waals surface area contributed by atoms with Crippen molar-refractivity contribution in [3.05, 3.63) is 66.0 Å². The molecule has 29 heavy (non-hydrogen) atoms. The monoisotopic (exact) mass is 391 g/mol. The molecule has 7 heteroatoms. The van der Waals surface area contributed by atoms with Crippen molar-refractivity contribution in [1.29, 1.82) is 0 Å². The molecule has 148 valence electrons. The Morgan fingerprint density at radius 3 is 2.34 bits per heavy atom. The average molecular weight is 391 g/mol. The topological polar surface area (TPSA) is 98.2 Å². The lowest BCUT2D eigenvalue weighted by molar-refractivity contribution is -0.129. The van der Waals surface area contributed by atoms with Gasteiger partial charge in [0.05, 0.1) is 28.5 Å². The number of esters is 1. The van der Waals surface area contributed by atoms with Crippen molar-refractivity contribution in [2.45, 2.75) is 20.8 Å². The van der Waals surface area contributed by atoms with Crippen LogP contribution in [-0.4, -0.2) is 34.2 Å². The number of hydrogen-bond acceptors (Lipinski definition) is 6. The van der Waals surface area contributed by atoms with Crippen LogP contribution in [-0.2, 0) is 9.53 Å². The predicted molar refractivity (Wildman–Crippen MR) is 109 cm³/mol. The minimum Gasteiger partial charge on any atom is -0.454 e. The molecule has 0 atom stereocenters. The van der Waals surface area contributed by atoms with E-state index in [1.807, 2.05) is 12.1 Å². The fourth-order valence-electron chi connectivity index (χ4n) is 2.45. The number of hydrogen-bond donors (Lipinski definition) is 1. The van der Waals surface area contributed by atoms with Gasteiger partial charge >= 0.3 is 5.97 Å². The van der Waals surface area contributed by atoms with Crippen LogP contribution in [0.1, 0.15) is 41.6 Å². The number of rotatable bonds is 5. The molecule has 0 radical (unpaired) electrons. The fraction of sp³-hybridized carbons (Fsp3) is 0.227. The summed E-state index contributed by atoms with van der Waals surface area (Å²) in [5.74, 6) is -1.39. The van der Waals surface area contributed by atoms with Crippen molar-refractivity contribution in [2.24, 2.45) is 5.41 Å². The summed E-state index contributed by atoms with van der Waals surface area (Å²) in [6, 6.07) is 13.6. The number of carbonyl (C=O) groups is 3. The van der Waals surface area contributed by atoms with E-state index >= 15 is 0 Å². The quantitative estimate of drug-likeness (QED) is 0.667. The molecule has 7 nitrogen and oxygen atoms in total. The van der Waals surface area contributed by atoms with Gasteiger partial charge in [-0.05, 0) is 24.3 Å². The summed E-state index contributed by atoms with van der Waals surface area (Å²) < 4.78 is 5.13. The van der Waals surface area contributed by atoms with Gasteiger partial charge in [-0.1, -0.05) is 45.0 Å². The van der Waals surface area contributed by atoms with Gasteiger partial charge in [-0.3, -0.25) is 14.6 Å². The minimum absolute atomic E-state index is 0.120. The van der Waals surface area contributed by atoms with Crippen molar-refractivity contribution in [3.8, 4) is 0 Å². The van der Waals surface area contributed by atoms with Gasteiger partial charge in [0.1, 0.15) is 5.69 Å². The lowest BCUT2D eigenvalue weighted by Crippen LogP contribution is -2.26. The maximum Gasteiger partial charge on any atom is 0.340 e. The predicted octanol–water partition coefficient (Wildman–Crippen LogP) is 3.65. The van der Waals surface area contributed by atoms with Crippen LogP contribution < -0.4 is 5.32 Å². The van der Waals surface area contributed by atoms with Crippen molar-refractivity contribution in [1.82, 2.24) is 9.97 Å². The van der Waals surface area contributed by atoms with Gasteiger partial charge in [0.2, 0.25) is 0 Å². The van der Waals surface area contributed by atoms with Gasteiger partial charge in [-0.15, -0.1) is 0 Å². The molecule has 0 fully saturated rings. The molecule has 3 rings (SSSR count). The summed E-state index contributed by atoms with van der Waals surface area (Å²) in [6.07, 6.45) is 1.38. The first kappa shape index (κ1) is 20.1. The van der Waals surface area contributed by atoms with Crippen LogP contribution >= 0.6 is 0 Å².